The van der Waals surface area contributed by atoms with Crippen molar-refractivity contribution in [2.45, 2.75) is 12.3 Å². The molecule has 1 atom stereocenters. The maximum Gasteiger partial charge on any atom is 0.416 e. The van der Waals surface area contributed by atoms with Crippen LogP contribution in [0.1, 0.15) is 5.56 Å². The molecule has 0 spiro atoms. The maximum absolute atomic E-state index is 12.3. The Labute approximate surface area is 84.6 Å². The Kier molecular flexibility index (Phi) is 2.56. The van der Waals surface area contributed by atoms with Crippen molar-refractivity contribution < 1.29 is 22.6 Å². The molecule has 2 rings (SSSR count). The lowest BCUT2D eigenvalue weighted by molar-refractivity contribution is -0.137. The van der Waals surface area contributed by atoms with E-state index in [-0.39, 0.29) is 11.9 Å². The van der Waals surface area contributed by atoms with Crippen molar-refractivity contribution >= 4 is 0 Å². The minimum Gasteiger partial charge on any atom is -0.491 e. The summed E-state index contributed by atoms with van der Waals surface area (Å²) in [6, 6.07) is 4.83. The quantitative estimate of drug-likeness (QED) is 0.727. The summed E-state index contributed by atoms with van der Waals surface area (Å²) in [4.78, 5) is 0. The summed E-state index contributed by atoms with van der Waals surface area (Å²) in [5, 5.41) is 0. The van der Waals surface area contributed by atoms with Crippen molar-refractivity contribution in [3.05, 3.63) is 29.8 Å². The predicted octanol–water partition coefficient (Wildman–Crippen LogP) is 2.48. The van der Waals surface area contributed by atoms with Gasteiger partial charge in [-0.25, -0.2) is 0 Å². The molecule has 1 fully saturated rings. The Morgan fingerprint density at radius 3 is 2.73 bits per heavy atom. The summed E-state index contributed by atoms with van der Waals surface area (Å²) < 4.78 is 46.9. The molecular weight excluding hydrogens is 209 g/mol. The molecule has 1 heterocycles. The average Bonchev–Trinajstić information content (AvgIpc) is 2.97. The summed E-state index contributed by atoms with van der Waals surface area (Å²) in [7, 11) is 0. The fraction of sp³-hybridized carbons (Fsp3) is 0.400. The number of benzene rings is 1. The second kappa shape index (κ2) is 3.73. The smallest absolute Gasteiger partial charge is 0.416 e. The van der Waals surface area contributed by atoms with Gasteiger partial charge in [0.25, 0.3) is 0 Å². The normalized spacial score (nSPS) is 20.1. The van der Waals surface area contributed by atoms with Gasteiger partial charge in [0.2, 0.25) is 0 Å². The van der Waals surface area contributed by atoms with E-state index in [2.05, 4.69) is 0 Å². The van der Waals surface area contributed by atoms with Crippen LogP contribution in [0.3, 0.4) is 0 Å². The summed E-state index contributed by atoms with van der Waals surface area (Å²) in [6.07, 6.45) is -4.28. The van der Waals surface area contributed by atoms with Crippen LogP contribution in [0.25, 0.3) is 0 Å². The molecule has 5 heteroatoms. The van der Waals surface area contributed by atoms with Crippen LogP contribution in [0.2, 0.25) is 0 Å². The zero-order valence-electron chi connectivity index (χ0n) is 7.75. The highest BCUT2D eigenvalue weighted by molar-refractivity contribution is 5.30. The number of halogens is 3. The van der Waals surface area contributed by atoms with E-state index >= 15 is 0 Å². The molecule has 0 unspecified atom stereocenters. The summed E-state index contributed by atoms with van der Waals surface area (Å²) >= 11 is 0. The molecule has 1 saturated heterocycles. The van der Waals surface area contributed by atoms with Gasteiger partial charge in [0, 0.05) is 0 Å². The van der Waals surface area contributed by atoms with Gasteiger partial charge in [-0.15, -0.1) is 0 Å². The molecule has 0 radical (unpaired) electrons. The fourth-order valence-corrected chi connectivity index (χ4v) is 1.12. The minimum atomic E-state index is -4.32. The summed E-state index contributed by atoms with van der Waals surface area (Å²) in [5.41, 5.74) is -0.697. The highest BCUT2D eigenvalue weighted by Gasteiger charge is 2.30. The van der Waals surface area contributed by atoms with Crippen LogP contribution in [0.15, 0.2) is 24.3 Å². The third kappa shape index (κ3) is 2.86. The van der Waals surface area contributed by atoms with Crippen LogP contribution in [-0.4, -0.2) is 19.3 Å². The summed E-state index contributed by atoms with van der Waals surface area (Å²) in [6.45, 7) is 0.931. The van der Waals surface area contributed by atoms with Crippen LogP contribution >= 0.6 is 0 Å². The van der Waals surface area contributed by atoms with Crippen molar-refractivity contribution in [3.63, 3.8) is 0 Å². The third-order valence-electron chi connectivity index (χ3n) is 2.00. The molecule has 15 heavy (non-hydrogen) atoms. The number of ether oxygens (including phenoxy) is 2. The van der Waals surface area contributed by atoms with E-state index in [0.717, 1.165) is 12.1 Å². The highest BCUT2D eigenvalue weighted by atomic mass is 19.4. The Morgan fingerprint density at radius 1 is 1.40 bits per heavy atom. The van der Waals surface area contributed by atoms with Gasteiger partial charge in [-0.2, -0.15) is 13.2 Å². The maximum atomic E-state index is 12.3. The van der Waals surface area contributed by atoms with Gasteiger partial charge in [0.1, 0.15) is 18.5 Å². The first kappa shape index (κ1) is 10.3. The molecule has 0 saturated carbocycles. The zero-order chi connectivity index (χ0) is 10.9. The molecule has 0 bridgehead atoms. The van der Waals surface area contributed by atoms with Gasteiger partial charge in [-0.05, 0) is 18.2 Å². The molecule has 0 amide bonds. The van der Waals surface area contributed by atoms with Gasteiger partial charge in [0.15, 0.2) is 0 Å². The topological polar surface area (TPSA) is 21.8 Å². The fourth-order valence-electron chi connectivity index (χ4n) is 1.12. The van der Waals surface area contributed by atoms with Gasteiger partial charge in [0.05, 0.1) is 12.2 Å². The van der Waals surface area contributed by atoms with Crippen molar-refractivity contribution in [2.75, 3.05) is 13.2 Å². The van der Waals surface area contributed by atoms with Crippen LogP contribution in [-0.2, 0) is 10.9 Å². The molecule has 82 valence electrons. The molecular formula is C10H9F3O2. The van der Waals surface area contributed by atoms with E-state index in [0.29, 0.717) is 13.2 Å². The van der Waals surface area contributed by atoms with Gasteiger partial charge >= 0.3 is 6.18 Å². The standard InChI is InChI=1S/C10H9F3O2/c11-10(12,13)7-2-1-3-8(4-7)14-5-9-6-15-9/h1-4,9H,5-6H2/t9-/m0/s1. The molecule has 1 aromatic rings. The molecule has 1 aliphatic heterocycles. The number of hydrogen-bond donors (Lipinski definition) is 0. The SMILES string of the molecule is FC(F)(F)c1cccc(OC[C@H]2CO2)c1. The Hall–Kier alpha value is -1.23. The van der Waals surface area contributed by atoms with Crippen LogP contribution < -0.4 is 4.74 Å². The van der Waals surface area contributed by atoms with Crippen LogP contribution in [0.5, 0.6) is 5.75 Å². The number of epoxide rings is 1. The van der Waals surface area contributed by atoms with E-state index in [9.17, 15) is 13.2 Å². The first-order chi connectivity index (χ1) is 7.05. The van der Waals surface area contributed by atoms with Gasteiger partial charge in [-0.1, -0.05) is 6.07 Å². The van der Waals surface area contributed by atoms with Crippen molar-refractivity contribution in [3.8, 4) is 5.75 Å². The molecule has 0 aliphatic carbocycles. The monoisotopic (exact) mass is 218 g/mol. The number of rotatable bonds is 3. The largest absolute Gasteiger partial charge is 0.491 e. The Morgan fingerprint density at radius 2 is 2.13 bits per heavy atom. The van der Waals surface area contributed by atoms with Crippen LogP contribution in [0, 0.1) is 0 Å². The second-order valence-corrected chi connectivity index (χ2v) is 3.29. The Balaban J connectivity index is 2.04. The van der Waals surface area contributed by atoms with Crippen LogP contribution in [0.4, 0.5) is 13.2 Å². The van der Waals surface area contributed by atoms with Crippen molar-refractivity contribution in [1.82, 2.24) is 0 Å². The lowest BCUT2D eigenvalue weighted by Gasteiger charge is -2.09. The summed E-state index contributed by atoms with van der Waals surface area (Å²) in [5.74, 6) is 0.223. The van der Waals surface area contributed by atoms with E-state index in [1.807, 2.05) is 0 Å². The van der Waals surface area contributed by atoms with Crippen molar-refractivity contribution in [1.29, 1.82) is 0 Å². The molecule has 0 aromatic heterocycles. The average molecular weight is 218 g/mol. The van der Waals surface area contributed by atoms with Gasteiger partial charge in [-0.3, -0.25) is 0 Å². The lowest BCUT2D eigenvalue weighted by atomic mass is 10.2. The molecule has 1 aromatic carbocycles. The molecule has 1 aliphatic rings. The highest BCUT2D eigenvalue weighted by Crippen LogP contribution is 2.31. The Bertz CT molecular complexity index is 345. The van der Waals surface area contributed by atoms with E-state index < -0.39 is 11.7 Å². The van der Waals surface area contributed by atoms with Gasteiger partial charge < -0.3 is 9.47 Å². The van der Waals surface area contributed by atoms with E-state index in [1.54, 1.807) is 0 Å². The third-order valence-corrected chi connectivity index (χ3v) is 2.00. The van der Waals surface area contributed by atoms with Crippen molar-refractivity contribution in [2.24, 2.45) is 0 Å². The predicted molar refractivity (Wildman–Crippen MR) is 46.7 cm³/mol. The number of alkyl halides is 3. The van der Waals surface area contributed by atoms with E-state index in [1.165, 1.54) is 12.1 Å². The first-order valence-corrected chi connectivity index (χ1v) is 4.47. The minimum absolute atomic E-state index is 0.0412. The second-order valence-electron chi connectivity index (χ2n) is 3.29. The number of hydrogen-bond acceptors (Lipinski definition) is 2. The lowest BCUT2D eigenvalue weighted by Crippen LogP contribution is -2.07. The zero-order valence-corrected chi connectivity index (χ0v) is 7.75. The molecule has 2 nitrogen and oxygen atoms in total. The molecule has 0 N–H and O–H groups in total. The first-order valence-electron chi connectivity index (χ1n) is 4.47. The van der Waals surface area contributed by atoms with E-state index in [4.69, 9.17) is 9.47 Å².